The van der Waals surface area contributed by atoms with Gasteiger partial charge in [-0.2, -0.15) is 0 Å². The van der Waals surface area contributed by atoms with E-state index >= 15 is 0 Å². The van der Waals surface area contributed by atoms with Crippen molar-refractivity contribution < 1.29 is 38.6 Å². The number of carboxylic acids is 1. The zero-order chi connectivity index (χ0) is 43.5. The molecule has 1 unspecified atom stereocenters. The highest BCUT2D eigenvalue weighted by Crippen LogP contribution is 2.45. The molecule has 3 heterocycles. The minimum atomic E-state index is -1.18. The fraction of sp³-hybridized carbons (Fsp3) is 0.333. The topological polar surface area (TPSA) is 192 Å². The van der Waals surface area contributed by atoms with Crippen LogP contribution in [0.25, 0.3) is 11.1 Å². The fourth-order valence-corrected chi connectivity index (χ4v) is 8.54. The predicted molar refractivity (Wildman–Crippen MR) is 236 cm³/mol. The summed E-state index contributed by atoms with van der Waals surface area (Å²) in [6.07, 6.45) is 4.52. The van der Waals surface area contributed by atoms with Gasteiger partial charge in [-0.15, -0.1) is 11.8 Å². The molecule has 0 spiro atoms. The van der Waals surface area contributed by atoms with E-state index in [2.05, 4.69) is 26.6 Å². The first-order valence-electron chi connectivity index (χ1n) is 21.0. The maximum atomic E-state index is 14.6. The number of thioether (sulfide) groups is 1. The molecule has 0 aromatic heterocycles. The van der Waals surface area contributed by atoms with Crippen LogP contribution >= 0.6 is 11.8 Å². The number of aliphatic carboxylic acids is 1. The van der Waals surface area contributed by atoms with Crippen LogP contribution in [-0.4, -0.2) is 83.2 Å². The second kappa shape index (κ2) is 20.4. The first kappa shape index (κ1) is 43.7. The highest BCUT2D eigenvalue weighted by atomic mass is 32.2. The molecule has 8 rings (SSSR count). The van der Waals surface area contributed by atoms with Gasteiger partial charge in [-0.25, -0.2) is 0 Å². The third-order valence-corrected chi connectivity index (χ3v) is 12.6. The Kier molecular flexibility index (Phi) is 14.4. The van der Waals surface area contributed by atoms with Crippen molar-refractivity contribution in [2.45, 2.75) is 80.8 Å². The smallest absolute Gasteiger partial charge is 0.311 e. The molecule has 14 heteroatoms. The summed E-state index contributed by atoms with van der Waals surface area (Å²) < 4.78 is 5.79. The van der Waals surface area contributed by atoms with Crippen molar-refractivity contribution in [3.05, 3.63) is 137 Å². The van der Waals surface area contributed by atoms with Crippen LogP contribution in [0.5, 0.6) is 5.75 Å². The second-order valence-electron chi connectivity index (χ2n) is 16.1. The van der Waals surface area contributed by atoms with E-state index in [1.165, 1.54) is 0 Å². The first-order chi connectivity index (χ1) is 30.0. The minimum absolute atomic E-state index is 0.0223. The van der Waals surface area contributed by atoms with E-state index in [1.54, 1.807) is 36.0 Å². The van der Waals surface area contributed by atoms with Gasteiger partial charge in [-0.3, -0.25) is 28.8 Å². The Bertz CT molecular complexity index is 2240. The van der Waals surface area contributed by atoms with Crippen LogP contribution in [0.2, 0.25) is 0 Å². The number of benzene rings is 4. The summed E-state index contributed by atoms with van der Waals surface area (Å²) in [5.41, 5.74) is 3.26. The molecule has 62 heavy (non-hydrogen) atoms. The molecule has 1 fully saturated rings. The Hall–Kier alpha value is -6.41. The molecule has 1 saturated carbocycles. The quantitative estimate of drug-likeness (QED) is 0.112. The zero-order valence-electron chi connectivity index (χ0n) is 34.2. The highest BCUT2D eigenvalue weighted by molar-refractivity contribution is 8.03. The number of amides is 5. The van der Waals surface area contributed by atoms with Crippen molar-refractivity contribution >= 4 is 47.3 Å². The van der Waals surface area contributed by atoms with Gasteiger partial charge < -0.3 is 36.4 Å². The average Bonchev–Trinajstić information content (AvgIpc) is 3.92. The normalized spacial score (nSPS) is 22.7. The Morgan fingerprint density at radius 3 is 2.03 bits per heavy atom. The van der Waals surface area contributed by atoms with Crippen LogP contribution in [0.4, 0.5) is 0 Å². The van der Waals surface area contributed by atoms with Gasteiger partial charge in [0.15, 0.2) is 6.61 Å². The number of hydrogen-bond acceptors (Lipinski definition) is 8. The van der Waals surface area contributed by atoms with Gasteiger partial charge in [0.25, 0.3) is 5.91 Å². The van der Waals surface area contributed by atoms with E-state index in [0.717, 1.165) is 22.3 Å². The summed E-state index contributed by atoms with van der Waals surface area (Å²) in [5.74, 6) is -3.55. The summed E-state index contributed by atoms with van der Waals surface area (Å²) in [5, 5.41) is 26.0. The maximum absolute atomic E-state index is 14.6. The molecule has 3 aliphatic heterocycles. The lowest BCUT2D eigenvalue weighted by atomic mass is 9.98. The summed E-state index contributed by atoms with van der Waals surface area (Å²) in [6.45, 7) is -0.479. The molecule has 2 bridgehead atoms. The Balaban J connectivity index is 1.20. The summed E-state index contributed by atoms with van der Waals surface area (Å²) in [6, 6.07) is 29.2. The van der Waals surface area contributed by atoms with E-state index in [-0.39, 0.29) is 37.7 Å². The minimum Gasteiger partial charge on any atom is -0.484 e. The van der Waals surface area contributed by atoms with Gasteiger partial charge in [0.2, 0.25) is 23.6 Å². The number of hydrogen-bond donors (Lipinski definition) is 6. The van der Waals surface area contributed by atoms with E-state index in [0.29, 0.717) is 43.4 Å². The van der Waals surface area contributed by atoms with Crippen molar-refractivity contribution in [2.24, 2.45) is 5.41 Å². The van der Waals surface area contributed by atoms with Crippen molar-refractivity contribution in [2.75, 3.05) is 13.2 Å². The van der Waals surface area contributed by atoms with Crippen LogP contribution in [0.3, 0.4) is 0 Å². The number of carbonyl (C=O) groups excluding carboxylic acids is 5. The molecule has 5 atom stereocenters. The maximum Gasteiger partial charge on any atom is 0.311 e. The van der Waals surface area contributed by atoms with Crippen molar-refractivity contribution in [1.29, 1.82) is 0 Å². The van der Waals surface area contributed by atoms with E-state index in [4.69, 9.17) is 4.74 Å². The molecule has 5 amide bonds. The number of allylic oxidation sites excluding steroid dienone is 1. The predicted octanol–water partition coefficient (Wildman–Crippen LogP) is 4.49. The van der Waals surface area contributed by atoms with Crippen LogP contribution in [-0.2, 0) is 48.0 Å². The molecule has 13 nitrogen and oxygen atoms in total. The lowest BCUT2D eigenvalue weighted by Crippen LogP contribution is -2.59. The standard InChI is InChI=1S/C48H51N5O8S/c54-42-29-61-36-20-15-33(16-21-36)26-39(43(55)49-30-48(23-24-48)47(59)60)52-44(56)38(22-17-31-8-3-1-4-9-31)51-45(57)40(53-46(58)41(50-42)28-37-12-7-25-62-37)27-32-13-18-35(19-14-32)34-10-5-2-6-11-34/h1-11,13-16,18-21,25,37-41H,12,17,22-24,26-30H2,(H,49,55)(H,50,54)(H,51,57)(H,52,56)(H,53,58)(H,59,60)/t37?,38-,39+,40+,41-/m1/s1. The van der Waals surface area contributed by atoms with Crippen LogP contribution in [0, 0.1) is 5.41 Å². The highest BCUT2D eigenvalue weighted by Gasteiger charge is 2.50. The molecular formula is C48H51N5O8S. The number of rotatable bonds is 12. The second-order valence-corrected chi connectivity index (χ2v) is 17.3. The van der Waals surface area contributed by atoms with Crippen molar-refractivity contribution in [3.63, 3.8) is 0 Å². The fourth-order valence-electron chi connectivity index (χ4n) is 7.57. The molecule has 0 saturated heterocycles. The first-order valence-corrected chi connectivity index (χ1v) is 21.9. The average molecular weight is 858 g/mol. The third-order valence-electron chi connectivity index (χ3n) is 11.5. The molecule has 6 N–H and O–H groups in total. The summed E-state index contributed by atoms with van der Waals surface area (Å²) >= 11 is 1.57. The summed E-state index contributed by atoms with van der Waals surface area (Å²) in [4.78, 5) is 82.4. The number of ether oxygens (including phenoxy) is 1. The van der Waals surface area contributed by atoms with Crippen LogP contribution in [0.15, 0.2) is 121 Å². The van der Waals surface area contributed by atoms with E-state index < -0.39 is 65.1 Å². The van der Waals surface area contributed by atoms with E-state index in [1.807, 2.05) is 96.4 Å². The van der Waals surface area contributed by atoms with Gasteiger partial charge in [0, 0.05) is 24.6 Å². The summed E-state index contributed by atoms with van der Waals surface area (Å²) in [7, 11) is 0. The SMILES string of the molecule is O=C1COc2ccc(cc2)C[C@@H](C(=O)NCC2(C(=O)O)CC2)NC(=O)[C@@H](CCc2ccccc2)NC(=O)[C@H](Cc2ccc(-c3ccccc3)cc2)NC(=O)[C@@H](CC2CC=CS2)N1. The van der Waals surface area contributed by atoms with Gasteiger partial charge in [0.05, 0.1) is 5.41 Å². The number of carboxylic acid groups (broad SMARTS) is 1. The van der Waals surface area contributed by atoms with E-state index in [9.17, 15) is 33.9 Å². The monoisotopic (exact) mass is 857 g/mol. The molecule has 4 aliphatic rings. The Morgan fingerprint density at radius 2 is 1.37 bits per heavy atom. The largest absolute Gasteiger partial charge is 0.484 e. The lowest BCUT2D eigenvalue weighted by molar-refractivity contribution is -0.143. The lowest BCUT2D eigenvalue weighted by Gasteiger charge is -2.27. The Labute approximate surface area is 364 Å². The van der Waals surface area contributed by atoms with Gasteiger partial charge in [0.1, 0.15) is 29.9 Å². The number of carbonyl (C=O) groups is 6. The number of aryl methyl sites for hydroxylation is 1. The van der Waals surface area contributed by atoms with Gasteiger partial charge in [-0.05, 0) is 83.9 Å². The third kappa shape index (κ3) is 11.9. The molecule has 0 radical (unpaired) electrons. The Morgan fingerprint density at radius 1 is 0.726 bits per heavy atom. The van der Waals surface area contributed by atoms with Crippen molar-refractivity contribution in [1.82, 2.24) is 26.6 Å². The van der Waals surface area contributed by atoms with Crippen LogP contribution in [0.1, 0.15) is 48.8 Å². The molecular weight excluding hydrogens is 807 g/mol. The van der Waals surface area contributed by atoms with Crippen molar-refractivity contribution in [3.8, 4) is 16.9 Å². The molecule has 1 aliphatic carbocycles. The number of nitrogens with one attached hydrogen (secondary N) is 5. The molecule has 4 aromatic carbocycles. The van der Waals surface area contributed by atoms with Crippen LogP contribution < -0.4 is 31.3 Å². The van der Waals surface area contributed by atoms with Gasteiger partial charge in [-0.1, -0.05) is 103 Å². The zero-order valence-corrected chi connectivity index (χ0v) is 35.0. The van der Waals surface area contributed by atoms with Gasteiger partial charge >= 0.3 is 5.97 Å². The number of fused-ring (bicyclic) bond motifs is 16. The molecule has 4 aromatic rings. The molecule has 322 valence electrons.